The Morgan fingerprint density at radius 1 is 1.45 bits per heavy atom. The monoisotopic (exact) mass is 275 g/mol. The van der Waals surface area contributed by atoms with Gasteiger partial charge in [0.2, 0.25) is 5.91 Å². The first-order valence-corrected chi connectivity index (χ1v) is 7.43. The fraction of sp³-hybridized carbons (Fsp3) is 0.562. The van der Waals surface area contributed by atoms with Gasteiger partial charge in [0.15, 0.2) is 0 Å². The van der Waals surface area contributed by atoms with E-state index in [1.165, 1.54) is 11.1 Å². The molecule has 0 saturated carbocycles. The number of nitrogens with one attached hydrogen (secondary N) is 1. The van der Waals surface area contributed by atoms with E-state index < -0.39 is 0 Å². The lowest BCUT2D eigenvalue weighted by Crippen LogP contribution is -2.49. The molecule has 4 nitrogen and oxygen atoms in total. The number of nitrogen functional groups attached to an aromatic ring is 1. The summed E-state index contributed by atoms with van der Waals surface area (Å²) in [6.45, 7) is 7.76. The second-order valence-corrected chi connectivity index (χ2v) is 5.70. The Morgan fingerprint density at radius 2 is 2.20 bits per heavy atom. The SMILES string of the molecule is CCC(C)NC(=O)C(C)N1CCc2cccc(N)c2C1. The van der Waals surface area contributed by atoms with Gasteiger partial charge in [0.25, 0.3) is 0 Å². The molecule has 1 heterocycles. The average molecular weight is 275 g/mol. The van der Waals surface area contributed by atoms with Gasteiger partial charge in [-0.1, -0.05) is 19.1 Å². The Kier molecular flexibility index (Phi) is 4.65. The van der Waals surface area contributed by atoms with Crippen LogP contribution in [0.4, 0.5) is 5.69 Å². The lowest BCUT2D eigenvalue weighted by molar-refractivity contribution is -0.126. The topological polar surface area (TPSA) is 58.4 Å². The van der Waals surface area contributed by atoms with Gasteiger partial charge >= 0.3 is 0 Å². The molecule has 1 amide bonds. The van der Waals surface area contributed by atoms with Gasteiger partial charge in [0, 0.05) is 24.8 Å². The van der Waals surface area contributed by atoms with E-state index in [-0.39, 0.29) is 18.0 Å². The maximum atomic E-state index is 12.2. The van der Waals surface area contributed by atoms with Crippen molar-refractivity contribution >= 4 is 11.6 Å². The van der Waals surface area contributed by atoms with Crippen LogP contribution in [0.25, 0.3) is 0 Å². The third kappa shape index (κ3) is 3.12. The lowest BCUT2D eigenvalue weighted by Gasteiger charge is -2.34. The van der Waals surface area contributed by atoms with Crippen molar-refractivity contribution in [1.82, 2.24) is 10.2 Å². The summed E-state index contributed by atoms with van der Waals surface area (Å²) in [6, 6.07) is 6.19. The highest BCUT2D eigenvalue weighted by molar-refractivity contribution is 5.81. The van der Waals surface area contributed by atoms with Gasteiger partial charge in [-0.15, -0.1) is 0 Å². The van der Waals surface area contributed by atoms with Crippen molar-refractivity contribution in [3.05, 3.63) is 29.3 Å². The van der Waals surface area contributed by atoms with E-state index in [1.54, 1.807) is 0 Å². The maximum absolute atomic E-state index is 12.2. The second kappa shape index (κ2) is 6.27. The smallest absolute Gasteiger partial charge is 0.237 e. The van der Waals surface area contributed by atoms with Crippen LogP contribution in [-0.2, 0) is 17.8 Å². The molecular formula is C16H25N3O. The van der Waals surface area contributed by atoms with Crippen molar-refractivity contribution in [3.8, 4) is 0 Å². The number of anilines is 1. The summed E-state index contributed by atoms with van der Waals surface area (Å²) in [6.07, 6.45) is 1.91. The molecule has 0 radical (unpaired) electrons. The third-order valence-electron chi connectivity index (χ3n) is 4.27. The largest absolute Gasteiger partial charge is 0.398 e. The van der Waals surface area contributed by atoms with Gasteiger partial charge in [-0.2, -0.15) is 0 Å². The number of carbonyl (C=O) groups excluding carboxylic acids is 1. The van der Waals surface area contributed by atoms with Crippen molar-refractivity contribution in [3.63, 3.8) is 0 Å². The van der Waals surface area contributed by atoms with Crippen molar-refractivity contribution in [1.29, 1.82) is 0 Å². The Balaban J connectivity index is 2.05. The third-order valence-corrected chi connectivity index (χ3v) is 4.27. The van der Waals surface area contributed by atoms with E-state index in [9.17, 15) is 4.79 Å². The number of fused-ring (bicyclic) bond motifs is 1. The first-order chi connectivity index (χ1) is 9.52. The predicted octanol–water partition coefficient (Wildman–Crippen LogP) is 1.93. The highest BCUT2D eigenvalue weighted by Crippen LogP contribution is 2.25. The van der Waals surface area contributed by atoms with Crippen LogP contribution in [0.2, 0.25) is 0 Å². The summed E-state index contributed by atoms with van der Waals surface area (Å²) in [5.41, 5.74) is 9.39. The number of hydrogen-bond acceptors (Lipinski definition) is 3. The second-order valence-electron chi connectivity index (χ2n) is 5.70. The molecule has 1 aliphatic heterocycles. The Morgan fingerprint density at radius 3 is 2.90 bits per heavy atom. The van der Waals surface area contributed by atoms with Crippen molar-refractivity contribution < 1.29 is 4.79 Å². The molecular weight excluding hydrogens is 250 g/mol. The molecule has 0 aliphatic carbocycles. The molecule has 1 aromatic rings. The van der Waals surface area contributed by atoms with Crippen molar-refractivity contribution in [2.45, 2.75) is 52.2 Å². The maximum Gasteiger partial charge on any atom is 0.237 e. The highest BCUT2D eigenvalue weighted by atomic mass is 16.2. The van der Waals surface area contributed by atoms with Gasteiger partial charge < -0.3 is 11.1 Å². The highest BCUT2D eigenvalue weighted by Gasteiger charge is 2.26. The summed E-state index contributed by atoms with van der Waals surface area (Å²) in [4.78, 5) is 14.4. The number of carbonyl (C=O) groups is 1. The first kappa shape index (κ1) is 14.9. The van der Waals surface area contributed by atoms with Crippen molar-refractivity contribution in [2.24, 2.45) is 0 Å². The molecule has 1 aliphatic rings. The average Bonchev–Trinajstić information content (AvgIpc) is 2.46. The van der Waals surface area contributed by atoms with E-state index in [0.29, 0.717) is 0 Å². The molecule has 0 spiro atoms. The Hall–Kier alpha value is -1.55. The van der Waals surface area contributed by atoms with Gasteiger partial charge in [0.05, 0.1) is 6.04 Å². The fourth-order valence-corrected chi connectivity index (χ4v) is 2.59. The molecule has 20 heavy (non-hydrogen) atoms. The van der Waals surface area contributed by atoms with Crippen LogP contribution in [0.1, 0.15) is 38.3 Å². The van der Waals surface area contributed by atoms with Crippen LogP contribution in [-0.4, -0.2) is 29.4 Å². The van der Waals surface area contributed by atoms with Crippen LogP contribution in [0.5, 0.6) is 0 Å². The zero-order valence-electron chi connectivity index (χ0n) is 12.6. The molecule has 4 heteroatoms. The number of nitrogens with two attached hydrogens (primary N) is 1. The quantitative estimate of drug-likeness (QED) is 0.826. The summed E-state index contributed by atoms with van der Waals surface area (Å²) < 4.78 is 0. The van der Waals surface area contributed by atoms with Gasteiger partial charge in [-0.3, -0.25) is 9.69 Å². The van der Waals surface area contributed by atoms with E-state index in [2.05, 4.69) is 23.2 Å². The Labute approximate surface area is 121 Å². The lowest BCUT2D eigenvalue weighted by atomic mass is 9.97. The molecule has 3 N–H and O–H groups in total. The fourth-order valence-electron chi connectivity index (χ4n) is 2.59. The van der Waals surface area contributed by atoms with Crippen molar-refractivity contribution in [2.75, 3.05) is 12.3 Å². The minimum absolute atomic E-state index is 0.109. The van der Waals surface area contributed by atoms with Crippen LogP contribution in [0.15, 0.2) is 18.2 Å². The number of amides is 1. The number of benzene rings is 1. The van der Waals surface area contributed by atoms with E-state index in [4.69, 9.17) is 5.73 Å². The van der Waals surface area contributed by atoms with Crippen LogP contribution >= 0.6 is 0 Å². The summed E-state index contributed by atoms with van der Waals surface area (Å²) in [7, 11) is 0. The van der Waals surface area contributed by atoms with E-state index in [0.717, 1.165) is 31.6 Å². The van der Waals surface area contributed by atoms with Crippen LogP contribution in [0.3, 0.4) is 0 Å². The minimum atomic E-state index is -0.114. The number of rotatable bonds is 4. The number of hydrogen-bond donors (Lipinski definition) is 2. The normalized spacial score (nSPS) is 18.1. The zero-order valence-corrected chi connectivity index (χ0v) is 12.6. The molecule has 0 bridgehead atoms. The minimum Gasteiger partial charge on any atom is -0.398 e. The molecule has 0 saturated heterocycles. The molecule has 0 fully saturated rings. The molecule has 0 aromatic heterocycles. The standard InChI is InChI=1S/C16H25N3O/c1-4-11(2)18-16(20)12(3)19-9-8-13-6-5-7-15(17)14(13)10-19/h5-7,11-12H,4,8-10,17H2,1-3H3,(H,18,20). The molecule has 2 atom stereocenters. The summed E-state index contributed by atoms with van der Waals surface area (Å²) in [5.74, 6) is 0.109. The van der Waals surface area contributed by atoms with Crippen LogP contribution in [0, 0.1) is 0 Å². The van der Waals surface area contributed by atoms with E-state index in [1.807, 2.05) is 26.0 Å². The van der Waals surface area contributed by atoms with Gasteiger partial charge in [-0.05, 0) is 43.9 Å². The summed E-state index contributed by atoms with van der Waals surface area (Å²) in [5, 5.41) is 3.05. The molecule has 110 valence electrons. The number of nitrogens with zero attached hydrogens (tertiary/aromatic N) is 1. The molecule has 2 unspecified atom stereocenters. The Bertz CT molecular complexity index is 487. The predicted molar refractivity (Wildman–Crippen MR) is 82.3 cm³/mol. The van der Waals surface area contributed by atoms with Gasteiger partial charge in [0.1, 0.15) is 0 Å². The van der Waals surface area contributed by atoms with Crippen LogP contribution < -0.4 is 11.1 Å². The zero-order chi connectivity index (χ0) is 14.7. The summed E-state index contributed by atoms with van der Waals surface area (Å²) >= 11 is 0. The molecule has 1 aromatic carbocycles. The van der Waals surface area contributed by atoms with E-state index >= 15 is 0 Å². The first-order valence-electron chi connectivity index (χ1n) is 7.43. The van der Waals surface area contributed by atoms with Gasteiger partial charge in [-0.25, -0.2) is 0 Å². The molecule has 2 rings (SSSR count).